The Morgan fingerprint density at radius 3 is 3.06 bits per heavy atom. The van der Waals surface area contributed by atoms with E-state index in [1.54, 1.807) is 12.5 Å². The molecule has 17 heavy (non-hydrogen) atoms. The van der Waals surface area contributed by atoms with Crippen molar-refractivity contribution in [3.8, 4) is 5.82 Å². The molecule has 1 fully saturated rings. The van der Waals surface area contributed by atoms with Crippen LogP contribution in [0.3, 0.4) is 0 Å². The van der Waals surface area contributed by atoms with E-state index in [1.165, 1.54) is 6.42 Å². The molecule has 0 amide bonds. The first kappa shape index (κ1) is 10.3. The summed E-state index contributed by atoms with van der Waals surface area (Å²) in [5, 5.41) is 6.79. The van der Waals surface area contributed by atoms with Gasteiger partial charge in [0.2, 0.25) is 0 Å². The van der Waals surface area contributed by atoms with Crippen LogP contribution in [0.4, 0.5) is 5.69 Å². The highest BCUT2D eigenvalue weighted by molar-refractivity contribution is 5.44. The normalized spacial score (nSPS) is 19.4. The molecule has 1 aliphatic heterocycles. The minimum Gasteiger partial charge on any atom is -0.380 e. The standard InChI is InChI=1S/C12H15N5/c1-2-12(17-6-5-14-9-17)15-8-10(1)16-11-3-4-13-7-11/h1-2,5-6,8-9,11,13,16H,3-4,7H2. The third kappa shape index (κ3) is 2.29. The van der Waals surface area contributed by atoms with Crippen LogP contribution in [0.2, 0.25) is 0 Å². The third-order valence-corrected chi connectivity index (χ3v) is 2.95. The maximum Gasteiger partial charge on any atom is 0.137 e. The predicted molar refractivity (Wildman–Crippen MR) is 66.3 cm³/mol. The van der Waals surface area contributed by atoms with E-state index < -0.39 is 0 Å². The molecule has 1 atom stereocenters. The molecule has 0 spiro atoms. The zero-order chi connectivity index (χ0) is 11.5. The Morgan fingerprint density at radius 1 is 1.41 bits per heavy atom. The van der Waals surface area contributed by atoms with E-state index in [9.17, 15) is 0 Å². The molecule has 1 unspecified atom stereocenters. The smallest absolute Gasteiger partial charge is 0.137 e. The van der Waals surface area contributed by atoms with Gasteiger partial charge in [0.05, 0.1) is 11.9 Å². The van der Waals surface area contributed by atoms with E-state index in [-0.39, 0.29) is 0 Å². The Morgan fingerprint density at radius 2 is 2.41 bits per heavy atom. The number of imidazole rings is 1. The largest absolute Gasteiger partial charge is 0.380 e. The van der Waals surface area contributed by atoms with E-state index in [1.807, 2.05) is 23.0 Å². The van der Waals surface area contributed by atoms with Crippen molar-refractivity contribution in [2.45, 2.75) is 12.5 Å². The lowest BCUT2D eigenvalue weighted by atomic mass is 10.2. The fourth-order valence-electron chi connectivity index (χ4n) is 2.03. The van der Waals surface area contributed by atoms with E-state index in [2.05, 4.69) is 26.7 Å². The molecular formula is C12H15N5. The molecule has 0 aliphatic carbocycles. The van der Waals surface area contributed by atoms with E-state index >= 15 is 0 Å². The zero-order valence-corrected chi connectivity index (χ0v) is 9.50. The molecule has 1 aliphatic rings. The second-order valence-electron chi connectivity index (χ2n) is 4.21. The third-order valence-electron chi connectivity index (χ3n) is 2.95. The molecule has 3 heterocycles. The summed E-state index contributed by atoms with van der Waals surface area (Å²) in [6.07, 6.45) is 8.42. The number of anilines is 1. The highest BCUT2D eigenvalue weighted by Crippen LogP contribution is 2.12. The first-order valence-corrected chi connectivity index (χ1v) is 5.83. The SMILES string of the molecule is c1cn(-c2ccc(NC3CCNC3)cn2)cn1. The average molecular weight is 229 g/mol. The number of aromatic nitrogens is 3. The van der Waals surface area contributed by atoms with Crippen molar-refractivity contribution < 1.29 is 0 Å². The van der Waals surface area contributed by atoms with Crippen molar-refractivity contribution in [3.05, 3.63) is 37.1 Å². The van der Waals surface area contributed by atoms with Gasteiger partial charge < -0.3 is 10.6 Å². The van der Waals surface area contributed by atoms with Crippen molar-refractivity contribution in [1.29, 1.82) is 0 Å². The number of hydrogen-bond donors (Lipinski definition) is 2. The first-order chi connectivity index (χ1) is 8.42. The van der Waals surface area contributed by atoms with Gasteiger partial charge in [-0.1, -0.05) is 0 Å². The van der Waals surface area contributed by atoms with Crippen LogP contribution < -0.4 is 10.6 Å². The van der Waals surface area contributed by atoms with Gasteiger partial charge in [0.25, 0.3) is 0 Å². The Balaban J connectivity index is 1.71. The summed E-state index contributed by atoms with van der Waals surface area (Å²) in [6, 6.07) is 4.57. The van der Waals surface area contributed by atoms with Crippen LogP contribution in [0.15, 0.2) is 37.1 Å². The van der Waals surface area contributed by atoms with Gasteiger partial charge in [-0.25, -0.2) is 9.97 Å². The Bertz CT molecular complexity index is 456. The lowest BCUT2D eigenvalue weighted by Gasteiger charge is -2.12. The molecule has 2 aromatic rings. The molecule has 0 radical (unpaired) electrons. The molecule has 88 valence electrons. The van der Waals surface area contributed by atoms with Crippen LogP contribution >= 0.6 is 0 Å². The van der Waals surface area contributed by atoms with Crippen molar-refractivity contribution in [2.24, 2.45) is 0 Å². The van der Waals surface area contributed by atoms with Gasteiger partial charge >= 0.3 is 0 Å². The maximum atomic E-state index is 4.40. The first-order valence-electron chi connectivity index (χ1n) is 5.83. The van der Waals surface area contributed by atoms with Crippen LogP contribution in [0.1, 0.15) is 6.42 Å². The highest BCUT2D eigenvalue weighted by atomic mass is 15.1. The van der Waals surface area contributed by atoms with Crippen molar-refractivity contribution in [1.82, 2.24) is 19.9 Å². The summed E-state index contributed by atoms with van der Waals surface area (Å²) < 4.78 is 1.89. The fraction of sp³-hybridized carbons (Fsp3) is 0.333. The van der Waals surface area contributed by atoms with Crippen LogP contribution in [0, 0.1) is 0 Å². The Hall–Kier alpha value is -1.88. The molecule has 2 aromatic heterocycles. The monoisotopic (exact) mass is 229 g/mol. The second-order valence-corrected chi connectivity index (χ2v) is 4.21. The minimum atomic E-state index is 0.524. The molecule has 0 aromatic carbocycles. The van der Waals surface area contributed by atoms with Crippen LogP contribution in [0.25, 0.3) is 5.82 Å². The van der Waals surface area contributed by atoms with Gasteiger partial charge in [-0.2, -0.15) is 0 Å². The molecule has 5 nitrogen and oxygen atoms in total. The zero-order valence-electron chi connectivity index (χ0n) is 9.50. The van der Waals surface area contributed by atoms with Gasteiger partial charge in [-0.15, -0.1) is 0 Å². The number of pyridine rings is 1. The lowest BCUT2D eigenvalue weighted by Crippen LogP contribution is -2.22. The summed E-state index contributed by atoms with van der Waals surface area (Å²) in [5.41, 5.74) is 1.07. The van der Waals surface area contributed by atoms with Crippen LogP contribution in [-0.4, -0.2) is 33.7 Å². The Kier molecular flexibility index (Phi) is 2.75. The fourth-order valence-corrected chi connectivity index (χ4v) is 2.03. The summed E-state index contributed by atoms with van der Waals surface area (Å²) in [7, 11) is 0. The van der Waals surface area contributed by atoms with Gasteiger partial charge in [-0.05, 0) is 25.1 Å². The van der Waals surface area contributed by atoms with E-state index in [4.69, 9.17) is 0 Å². The molecule has 0 saturated carbocycles. The van der Waals surface area contributed by atoms with Crippen molar-refractivity contribution >= 4 is 5.69 Å². The quantitative estimate of drug-likeness (QED) is 0.825. The Labute approximate surface area is 99.9 Å². The number of hydrogen-bond acceptors (Lipinski definition) is 4. The number of nitrogens with zero attached hydrogens (tertiary/aromatic N) is 3. The summed E-state index contributed by atoms with van der Waals surface area (Å²) >= 11 is 0. The van der Waals surface area contributed by atoms with Gasteiger partial charge in [-0.3, -0.25) is 4.57 Å². The van der Waals surface area contributed by atoms with Gasteiger partial charge in [0.15, 0.2) is 0 Å². The topological polar surface area (TPSA) is 54.8 Å². The molecule has 1 saturated heterocycles. The number of rotatable bonds is 3. The van der Waals surface area contributed by atoms with Crippen LogP contribution in [-0.2, 0) is 0 Å². The second kappa shape index (κ2) is 4.55. The van der Waals surface area contributed by atoms with Crippen molar-refractivity contribution in [2.75, 3.05) is 18.4 Å². The molecular weight excluding hydrogens is 214 g/mol. The predicted octanol–water partition coefficient (Wildman–Crippen LogP) is 1.04. The van der Waals surface area contributed by atoms with Gasteiger partial charge in [0.1, 0.15) is 12.1 Å². The van der Waals surface area contributed by atoms with E-state index in [0.29, 0.717) is 6.04 Å². The molecule has 0 bridgehead atoms. The molecule has 2 N–H and O–H groups in total. The van der Waals surface area contributed by atoms with Gasteiger partial charge in [0, 0.05) is 25.0 Å². The van der Waals surface area contributed by atoms with E-state index in [0.717, 1.165) is 24.6 Å². The lowest BCUT2D eigenvalue weighted by molar-refractivity contribution is 0.792. The summed E-state index contributed by atoms with van der Waals surface area (Å²) in [6.45, 7) is 2.13. The van der Waals surface area contributed by atoms with Crippen molar-refractivity contribution in [3.63, 3.8) is 0 Å². The maximum absolute atomic E-state index is 4.40. The average Bonchev–Trinajstić information content (AvgIpc) is 3.01. The molecule has 5 heteroatoms. The molecule has 3 rings (SSSR count). The summed E-state index contributed by atoms with van der Waals surface area (Å²) in [4.78, 5) is 8.41. The minimum absolute atomic E-state index is 0.524. The van der Waals surface area contributed by atoms with Crippen LogP contribution in [0.5, 0.6) is 0 Å². The summed E-state index contributed by atoms with van der Waals surface area (Å²) in [5.74, 6) is 0.887. The number of nitrogens with one attached hydrogen (secondary N) is 2. The highest BCUT2D eigenvalue weighted by Gasteiger charge is 2.13.